The molecule has 0 spiro atoms. The summed E-state index contributed by atoms with van der Waals surface area (Å²) in [7, 11) is -0.366. The molecule has 0 saturated heterocycles. The lowest BCUT2D eigenvalue weighted by Gasteiger charge is -2.13. The lowest BCUT2D eigenvalue weighted by Crippen LogP contribution is -2.38. The highest BCUT2D eigenvalue weighted by atomic mass is 32.2. The predicted molar refractivity (Wildman–Crippen MR) is 100 cm³/mol. The summed E-state index contributed by atoms with van der Waals surface area (Å²) in [4.78, 5) is 4.41. The summed E-state index contributed by atoms with van der Waals surface area (Å²) in [6.45, 7) is 3.89. The number of nitrogens with one attached hydrogen (secondary N) is 3. The van der Waals surface area contributed by atoms with E-state index in [1.807, 2.05) is 17.6 Å². The number of aromatic nitrogens is 3. The number of benzene rings is 1. The van der Waals surface area contributed by atoms with Crippen molar-refractivity contribution >= 4 is 16.0 Å². The fourth-order valence-corrected chi connectivity index (χ4v) is 3.18. The summed E-state index contributed by atoms with van der Waals surface area (Å²) < 4.78 is 28.1. The van der Waals surface area contributed by atoms with Gasteiger partial charge in [-0.1, -0.05) is 19.1 Å². The monoisotopic (exact) mass is 379 g/mol. The van der Waals surface area contributed by atoms with Gasteiger partial charge in [0.25, 0.3) is 0 Å². The minimum atomic E-state index is -3.45. The van der Waals surface area contributed by atoms with Crippen LogP contribution in [-0.2, 0) is 29.5 Å². The Morgan fingerprint density at radius 3 is 2.81 bits per heavy atom. The third-order valence-electron chi connectivity index (χ3n) is 3.82. The van der Waals surface area contributed by atoms with E-state index in [2.05, 4.69) is 30.5 Å². The van der Waals surface area contributed by atoms with Crippen molar-refractivity contribution in [3.8, 4) is 0 Å². The van der Waals surface area contributed by atoms with Gasteiger partial charge in [0.2, 0.25) is 10.0 Å². The molecule has 0 aliphatic rings. The molecule has 3 N–H and O–H groups in total. The standard InChI is InChI=1S/C16H25N7O2S/c1-4-15-22-21-12-23(15)9-8-19-16(17-2)20-11-13-6-5-7-14(10-13)26(24,25)18-3/h5-7,10,12,18H,4,8-9,11H2,1-3H3,(H2,17,19,20). The van der Waals surface area contributed by atoms with E-state index in [1.165, 1.54) is 7.05 Å². The van der Waals surface area contributed by atoms with E-state index in [1.54, 1.807) is 31.6 Å². The molecule has 1 aromatic carbocycles. The maximum absolute atomic E-state index is 11.9. The van der Waals surface area contributed by atoms with E-state index in [-0.39, 0.29) is 4.90 Å². The number of hydrogen-bond donors (Lipinski definition) is 3. The highest BCUT2D eigenvalue weighted by molar-refractivity contribution is 7.89. The maximum Gasteiger partial charge on any atom is 0.240 e. The second-order valence-electron chi connectivity index (χ2n) is 5.50. The SMILES string of the molecule is CCc1nncn1CCNC(=NC)NCc1cccc(S(=O)(=O)NC)c1. The molecular formula is C16H25N7O2S. The summed E-state index contributed by atoms with van der Waals surface area (Å²) in [5.41, 5.74) is 0.844. The number of aliphatic imine (C=N–C) groups is 1. The summed E-state index contributed by atoms with van der Waals surface area (Å²) in [5, 5.41) is 14.3. The topological polar surface area (TPSA) is 113 Å². The van der Waals surface area contributed by atoms with E-state index in [9.17, 15) is 8.42 Å². The molecule has 1 aromatic heterocycles. The zero-order valence-corrected chi connectivity index (χ0v) is 16.0. The van der Waals surface area contributed by atoms with Gasteiger partial charge in [0.15, 0.2) is 5.96 Å². The van der Waals surface area contributed by atoms with Crippen molar-refractivity contribution in [3.63, 3.8) is 0 Å². The quantitative estimate of drug-likeness (QED) is 0.443. The van der Waals surface area contributed by atoms with E-state index in [4.69, 9.17) is 0 Å². The average Bonchev–Trinajstić information content (AvgIpc) is 3.12. The van der Waals surface area contributed by atoms with Crippen LogP contribution in [-0.4, -0.2) is 49.8 Å². The second-order valence-corrected chi connectivity index (χ2v) is 7.39. The molecule has 0 fully saturated rings. The first-order valence-corrected chi connectivity index (χ1v) is 9.82. The van der Waals surface area contributed by atoms with Gasteiger partial charge in [0, 0.05) is 33.1 Å². The molecule has 10 heteroatoms. The number of rotatable bonds is 8. The Labute approximate surface area is 154 Å². The lowest BCUT2D eigenvalue weighted by atomic mass is 10.2. The predicted octanol–water partition coefficient (Wildman–Crippen LogP) is 0.114. The smallest absolute Gasteiger partial charge is 0.240 e. The normalized spacial score (nSPS) is 12.2. The summed E-state index contributed by atoms with van der Waals surface area (Å²) in [5.74, 6) is 1.58. The largest absolute Gasteiger partial charge is 0.355 e. The van der Waals surface area contributed by atoms with Crippen LogP contribution in [0, 0.1) is 0 Å². The number of nitrogens with zero attached hydrogens (tertiary/aromatic N) is 4. The van der Waals surface area contributed by atoms with Crippen LogP contribution < -0.4 is 15.4 Å². The zero-order chi connectivity index (χ0) is 19.0. The Bertz CT molecular complexity index is 846. The van der Waals surface area contributed by atoms with Crippen LogP contribution in [0.5, 0.6) is 0 Å². The summed E-state index contributed by atoms with van der Waals surface area (Å²) in [6, 6.07) is 6.78. The van der Waals surface area contributed by atoms with Gasteiger partial charge in [0.1, 0.15) is 12.2 Å². The molecular weight excluding hydrogens is 354 g/mol. The Morgan fingerprint density at radius 2 is 2.12 bits per heavy atom. The molecule has 0 atom stereocenters. The van der Waals surface area contributed by atoms with Crippen LogP contribution in [0.3, 0.4) is 0 Å². The molecule has 0 aliphatic carbocycles. The minimum Gasteiger partial charge on any atom is -0.355 e. The highest BCUT2D eigenvalue weighted by Gasteiger charge is 2.11. The summed E-state index contributed by atoms with van der Waals surface area (Å²) >= 11 is 0. The minimum absolute atomic E-state index is 0.238. The Balaban J connectivity index is 1.88. The first-order valence-electron chi connectivity index (χ1n) is 8.33. The maximum atomic E-state index is 11.9. The third kappa shape index (κ3) is 5.27. The fourth-order valence-electron chi connectivity index (χ4n) is 2.38. The van der Waals surface area contributed by atoms with Crippen LogP contribution in [0.25, 0.3) is 0 Å². The molecule has 2 aromatic rings. The molecule has 9 nitrogen and oxygen atoms in total. The van der Waals surface area contributed by atoms with Crippen LogP contribution >= 0.6 is 0 Å². The highest BCUT2D eigenvalue weighted by Crippen LogP contribution is 2.10. The van der Waals surface area contributed by atoms with Gasteiger partial charge in [-0.2, -0.15) is 0 Å². The van der Waals surface area contributed by atoms with E-state index < -0.39 is 10.0 Å². The fraction of sp³-hybridized carbons (Fsp3) is 0.438. The van der Waals surface area contributed by atoms with Gasteiger partial charge >= 0.3 is 0 Å². The van der Waals surface area contributed by atoms with Crippen molar-refractivity contribution in [2.75, 3.05) is 20.6 Å². The van der Waals surface area contributed by atoms with Gasteiger partial charge in [-0.3, -0.25) is 4.99 Å². The Hall–Kier alpha value is -2.46. The van der Waals surface area contributed by atoms with Crippen LogP contribution in [0.4, 0.5) is 0 Å². The van der Waals surface area contributed by atoms with Crippen molar-refractivity contribution in [1.29, 1.82) is 0 Å². The van der Waals surface area contributed by atoms with Crippen molar-refractivity contribution in [3.05, 3.63) is 42.0 Å². The lowest BCUT2D eigenvalue weighted by molar-refractivity contribution is 0.588. The van der Waals surface area contributed by atoms with Crippen molar-refractivity contribution in [1.82, 2.24) is 30.1 Å². The average molecular weight is 379 g/mol. The first kappa shape index (κ1) is 19.9. The van der Waals surface area contributed by atoms with Gasteiger partial charge in [-0.25, -0.2) is 13.1 Å². The first-order chi connectivity index (χ1) is 12.5. The molecule has 0 bridgehead atoms. The summed E-state index contributed by atoms with van der Waals surface area (Å²) in [6.07, 6.45) is 2.54. The van der Waals surface area contributed by atoms with Crippen LogP contribution in [0.15, 0.2) is 40.5 Å². The van der Waals surface area contributed by atoms with Crippen molar-refractivity contribution in [2.45, 2.75) is 31.3 Å². The molecule has 0 radical (unpaired) electrons. The van der Waals surface area contributed by atoms with Crippen molar-refractivity contribution < 1.29 is 8.42 Å². The number of aryl methyl sites for hydroxylation is 1. The third-order valence-corrected chi connectivity index (χ3v) is 5.23. The number of sulfonamides is 1. The van der Waals surface area contributed by atoms with E-state index in [0.717, 1.165) is 24.4 Å². The Morgan fingerprint density at radius 1 is 1.31 bits per heavy atom. The molecule has 26 heavy (non-hydrogen) atoms. The zero-order valence-electron chi connectivity index (χ0n) is 15.2. The van der Waals surface area contributed by atoms with E-state index >= 15 is 0 Å². The van der Waals surface area contributed by atoms with Crippen LogP contribution in [0.2, 0.25) is 0 Å². The molecule has 2 rings (SSSR count). The van der Waals surface area contributed by atoms with Crippen LogP contribution in [0.1, 0.15) is 18.3 Å². The molecule has 0 unspecified atom stereocenters. The van der Waals surface area contributed by atoms with Crippen molar-refractivity contribution in [2.24, 2.45) is 4.99 Å². The second kappa shape index (κ2) is 9.30. The molecule has 1 heterocycles. The number of guanidine groups is 1. The van der Waals surface area contributed by atoms with Gasteiger partial charge in [0.05, 0.1) is 4.90 Å². The Kier molecular flexibility index (Phi) is 7.10. The van der Waals surface area contributed by atoms with Gasteiger partial charge in [-0.15, -0.1) is 10.2 Å². The van der Waals surface area contributed by atoms with Gasteiger partial charge in [-0.05, 0) is 24.7 Å². The molecule has 0 amide bonds. The molecule has 142 valence electrons. The van der Waals surface area contributed by atoms with Gasteiger partial charge < -0.3 is 15.2 Å². The molecule has 0 saturated carbocycles. The van der Waals surface area contributed by atoms with E-state index in [0.29, 0.717) is 19.0 Å². The number of hydrogen-bond acceptors (Lipinski definition) is 5. The molecule has 0 aliphatic heterocycles.